The Morgan fingerprint density at radius 2 is 1.64 bits per heavy atom. The van der Waals surface area contributed by atoms with Gasteiger partial charge >= 0.3 is 0 Å². The third-order valence-corrected chi connectivity index (χ3v) is 2.48. The average molecular weight is 304 g/mol. The van der Waals surface area contributed by atoms with Crippen LogP contribution >= 0.6 is 0 Å². The zero-order chi connectivity index (χ0) is 17.0. The third kappa shape index (κ3) is 6.39. The quantitative estimate of drug-likeness (QED) is 0.633. The fourth-order valence-corrected chi connectivity index (χ4v) is 1.52. The van der Waals surface area contributed by atoms with Gasteiger partial charge in [0, 0.05) is 5.56 Å². The highest BCUT2D eigenvalue weighted by molar-refractivity contribution is 5.95. The van der Waals surface area contributed by atoms with Crippen LogP contribution in [0.1, 0.15) is 38.8 Å². The van der Waals surface area contributed by atoms with Crippen molar-refractivity contribution in [2.75, 3.05) is 0 Å². The van der Waals surface area contributed by atoms with E-state index in [2.05, 4.69) is 0 Å². The van der Waals surface area contributed by atoms with Crippen molar-refractivity contribution >= 4 is 5.84 Å². The summed E-state index contributed by atoms with van der Waals surface area (Å²) in [6.07, 6.45) is 0. The van der Waals surface area contributed by atoms with E-state index < -0.39 is 5.82 Å². The van der Waals surface area contributed by atoms with Gasteiger partial charge in [-0.25, -0.2) is 4.39 Å². The van der Waals surface area contributed by atoms with Gasteiger partial charge in [0.2, 0.25) is 0 Å². The minimum atomic E-state index is -0.515. The molecule has 0 aliphatic heterocycles. The van der Waals surface area contributed by atoms with Crippen molar-refractivity contribution in [3.8, 4) is 5.75 Å². The fourth-order valence-electron chi connectivity index (χ4n) is 1.52. The van der Waals surface area contributed by atoms with Gasteiger partial charge in [-0.15, -0.1) is 0 Å². The largest absolute Gasteiger partial charge is 0.486 e. The Labute approximate surface area is 132 Å². The minimum Gasteiger partial charge on any atom is -0.486 e. The first-order valence-corrected chi connectivity index (χ1v) is 7.47. The monoisotopic (exact) mass is 304 g/mol. The SMILES string of the molecule is CC.CC.N=C(N)c1ccc(OCc2ccccc2)c(F)c1. The molecule has 0 atom stereocenters. The molecule has 0 heterocycles. The van der Waals surface area contributed by atoms with Crippen LogP contribution in [0.15, 0.2) is 48.5 Å². The molecule has 2 aromatic carbocycles. The van der Waals surface area contributed by atoms with Crippen molar-refractivity contribution in [1.82, 2.24) is 0 Å². The molecule has 0 fully saturated rings. The van der Waals surface area contributed by atoms with Crippen LogP contribution < -0.4 is 10.5 Å². The van der Waals surface area contributed by atoms with Gasteiger partial charge in [0.1, 0.15) is 12.4 Å². The molecular weight excluding hydrogens is 279 g/mol. The van der Waals surface area contributed by atoms with Crippen molar-refractivity contribution in [2.45, 2.75) is 34.3 Å². The summed E-state index contributed by atoms with van der Waals surface area (Å²) >= 11 is 0. The molecule has 0 saturated heterocycles. The first-order chi connectivity index (χ1) is 10.7. The summed E-state index contributed by atoms with van der Waals surface area (Å²) in [5, 5.41) is 7.21. The summed E-state index contributed by atoms with van der Waals surface area (Å²) in [4.78, 5) is 0. The van der Waals surface area contributed by atoms with Gasteiger partial charge in [0.05, 0.1) is 0 Å². The van der Waals surface area contributed by atoms with Crippen LogP contribution in [0.2, 0.25) is 0 Å². The second-order valence-corrected chi connectivity index (χ2v) is 3.83. The van der Waals surface area contributed by atoms with Crippen LogP contribution in [-0.4, -0.2) is 5.84 Å². The molecule has 0 amide bonds. The number of rotatable bonds is 4. The van der Waals surface area contributed by atoms with Crippen molar-refractivity contribution in [1.29, 1.82) is 5.41 Å². The van der Waals surface area contributed by atoms with Gasteiger partial charge in [-0.1, -0.05) is 58.0 Å². The summed E-state index contributed by atoms with van der Waals surface area (Å²) in [6.45, 7) is 8.30. The maximum Gasteiger partial charge on any atom is 0.165 e. The fraction of sp³-hybridized carbons (Fsp3) is 0.278. The number of nitrogens with one attached hydrogen (secondary N) is 1. The van der Waals surface area contributed by atoms with E-state index in [9.17, 15) is 4.39 Å². The molecular formula is C18H25FN2O. The topological polar surface area (TPSA) is 59.1 Å². The highest BCUT2D eigenvalue weighted by atomic mass is 19.1. The van der Waals surface area contributed by atoms with Crippen LogP contribution in [0.25, 0.3) is 0 Å². The lowest BCUT2D eigenvalue weighted by molar-refractivity contribution is 0.290. The Morgan fingerprint density at radius 1 is 1.05 bits per heavy atom. The molecule has 0 aliphatic carbocycles. The molecule has 0 spiro atoms. The van der Waals surface area contributed by atoms with Gasteiger partial charge < -0.3 is 10.5 Å². The summed E-state index contributed by atoms with van der Waals surface area (Å²) in [6, 6.07) is 13.8. The number of nitrogen functional groups attached to an aromatic ring is 1. The van der Waals surface area contributed by atoms with Crippen LogP contribution in [0.5, 0.6) is 5.75 Å². The van der Waals surface area contributed by atoms with Crippen LogP contribution in [0.4, 0.5) is 4.39 Å². The van der Waals surface area contributed by atoms with E-state index in [-0.39, 0.29) is 11.6 Å². The average Bonchev–Trinajstić information content (AvgIpc) is 2.58. The number of benzene rings is 2. The molecule has 4 heteroatoms. The number of nitrogens with two attached hydrogens (primary N) is 1. The van der Waals surface area contributed by atoms with Gasteiger partial charge in [0.25, 0.3) is 0 Å². The lowest BCUT2D eigenvalue weighted by Crippen LogP contribution is -2.11. The molecule has 22 heavy (non-hydrogen) atoms. The Balaban J connectivity index is 0.00000102. The number of halogens is 1. The summed E-state index contributed by atoms with van der Waals surface area (Å²) in [7, 11) is 0. The molecule has 0 saturated carbocycles. The highest BCUT2D eigenvalue weighted by Gasteiger charge is 2.06. The molecule has 0 radical (unpaired) electrons. The summed E-state index contributed by atoms with van der Waals surface area (Å²) in [5.74, 6) is -0.522. The Hall–Kier alpha value is -2.36. The first kappa shape index (κ1) is 19.6. The van der Waals surface area contributed by atoms with Crippen molar-refractivity contribution in [2.24, 2.45) is 5.73 Å². The minimum absolute atomic E-state index is 0.156. The Kier molecular flexibility index (Phi) is 10.1. The second-order valence-electron chi connectivity index (χ2n) is 3.83. The van der Waals surface area contributed by atoms with Crippen molar-refractivity contribution < 1.29 is 9.13 Å². The van der Waals surface area contributed by atoms with Gasteiger partial charge in [-0.05, 0) is 23.8 Å². The van der Waals surface area contributed by atoms with E-state index >= 15 is 0 Å². The predicted molar refractivity (Wildman–Crippen MR) is 90.9 cm³/mol. The number of ether oxygens (including phenoxy) is 1. The maximum absolute atomic E-state index is 13.6. The Bertz CT molecular complexity index is 556. The molecule has 2 aromatic rings. The molecule has 0 aliphatic rings. The summed E-state index contributed by atoms with van der Waals surface area (Å²) in [5.41, 5.74) is 6.59. The predicted octanol–water partition coefficient (Wildman–Crippen LogP) is 4.74. The molecule has 3 nitrogen and oxygen atoms in total. The molecule has 0 unspecified atom stereocenters. The van der Waals surface area contributed by atoms with Gasteiger partial charge in [0.15, 0.2) is 11.6 Å². The lowest BCUT2D eigenvalue weighted by atomic mass is 10.2. The smallest absolute Gasteiger partial charge is 0.165 e. The molecule has 0 bridgehead atoms. The van der Waals surface area contributed by atoms with Crippen LogP contribution in [-0.2, 0) is 6.61 Å². The molecule has 2 rings (SSSR count). The first-order valence-electron chi connectivity index (χ1n) is 7.47. The zero-order valence-corrected chi connectivity index (χ0v) is 13.7. The van der Waals surface area contributed by atoms with E-state index in [0.717, 1.165) is 5.56 Å². The van der Waals surface area contributed by atoms with E-state index in [0.29, 0.717) is 12.2 Å². The third-order valence-electron chi connectivity index (χ3n) is 2.48. The van der Waals surface area contributed by atoms with Crippen LogP contribution in [0.3, 0.4) is 0 Å². The highest BCUT2D eigenvalue weighted by Crippen LogP contribution is 2.19. The van der Waals surface area contributed by atoms with E-state index in [1.165, 1.54) is 12.1 Å². The van der Waals surface area contributed by atoms with Crippen molar-refractivity contribution in [3.05, 3.63) is 65.5 Å². The molecule has 0 aromatic heterocycles. The number of hydrogen-bond acceptors (Lipinski definition) is 2. The maximum atomic E-state index is 13.6. The van der Waals surface area contributed by atoms with E-state index in [1.807, 2.05) is 58.0 Å². The second kappa shape index (κ2) is 11.3. The summed E-state index contributed by atoms with van der Waals surface area (Å²) < 4.78 is 19.0. The van der Waals surface area contributed by atoms with Crippen LogP contribution in [0, 0.1) is 11.2 Å². The number of amidine groups is 1. The lowest BCUT2D eigenvalue weighted by Gasteiger charge is -2.08. The number of hydrogen-bond donors (Lipinski definition) is 2. The Morgan fingerprint density at radius 3 is 2.14 bits per heavy atom. The van der Waals surface area contributed by atoms with E-state index in [1.54, 1.807) is 6.07 Å². The van der Waals surface area contributed by atoms with Gasteiger partial charge in [-0.3, -0.25) is 5.41 Å². The zero-order valence-electron chi connectivity index (χ0n) is 13.7. The molecule has 3 N–H and O–H groups in total. The standard InChI is InChI=1S/C14H13FN2O.2C2H6/c15-12-8-11(14(16)17)6-7-13(12)18-9-10-4-2-1-3-5-10;2*1-2/h1-8H,9H2,(H3,16,17);2*1-2H3. The van der Waals surface area contributed by atoms with Crippen molar-refractivity contribution in [3.63, 3.8) is 0 Å². The van der Waals surface area contributed by atoms with E-state index in [4.69, 9.17) is 15.9 Å². The normalized spacial score (nSPS) is 8.77. The van der Waals surface area contributed by atoms with Gasteiger partial charge in [-0.2, -0.15) is 0 Å². The molecule has 120 valence electrons.